The van der Waals surface area contributed by atoms with E-state index in [2.05, 4.69) is 97.2 Å². The molecule has 2 fully saturated rings. The summed E-state index contributed by atoms with van der Waals surface area (Å²) in [5.74, 6) is 0.928. The van der Waals surface area contributed by atoms with E-state index >= 15 is 0 Å². The Bertz CT molecular complexity index is 1230. The monoisotopic (exact) mass is 481 g/mol. The Morgan fingerprint density at radius 3 is 2.22 bits per heavy atom. The summed E-state index contributed by atoms with van der Waals surface area (Å²) in [5.41, 5.74) is 8.19. The van der Waals surface area contributed by atoms with E-state index in [0.29, 0.717) is 5.41 Å². The summed E-state index contributed by atoms with van der Waals surface area (Å²) in [6, 6.07) is 18.1. The fourth-order valence-corrected chi connectivity index (χ4v) is 6.49. The normalized spacial score (nSPS) is 22.4. The van der Waals surface area contributed by atoms with Gasteiger partial charge in [-0.15, -0.1) is 0 Å². The Morgan fingerprint density at radius 1 is 0.833 bits per heavy atom. The van der Waals surface area contributed by atoms with Crippen molar-refractivity contribution in [1.29, 1.82) is 0 Å². The Balaban J connectivity index is 1.17. The number of aryl methyl sites for hydroxylation is 1. The minimum atomic E-state index is -0.0237. The SMILES string of the molecule is Cc1ccc(C(C)(C)c2ccc(N3CCc4cnc(N5CCC6(CCN(C)C6)C5)nc4C3)cc2)cc1. The van der Waals surface area contributed by atoms with Gasteiger partial charge in [0, 0.05) is 48.9 Å². The second-order valence-electron chi connectivity index (χ2n) is 12.0. The molecular weight excluding hydrogens is 442 g/mol. The molecule has 1 unspecified atom stereocenters. The molecule has 2 aromatic carbocycles. The largest absolute Gasteiger partial charge is 0.365 e. The molecule has 4 heterocycles. The van der Waals surface area contributed by atoms with Gasteiger partial charge < -0.3 is 14.7 Å². The molecule has 0 N–H and O–H groups in total. The molecule has 0 saturated carbocycles. The molecule has 0 bridgehead atoms. The van der Waals surface area contributed by atoms with Crippen LogP contribution in [0, 0.1) is 12.3 Å². The van der Waals surface area contributed by atoms with Crippen LogP contribution in [-0.2, 0) is 18.4 Å². The third-order valence-electron chi connectivity index (χ3n) is 9.01. The second-order valence-corrected chi connectivity index (χ2v) is 12.0. The molecule has 0 amide bonds. The molecule has 5 nitrogen and oxygen atoms in total. The van der Waals surface area contributed by atoms with Crippen LogP contribution < -0.4 is 9.80 Å². The van der Waals surface area contributed by atoms with Crippen LogP contribution in [0.3, 0.4) is 0 Å². The number of anilines is 2. The van der Waals surface area contributed by atoms with Crippen molar-refractivity contribution < 1.29 is 0 Å². The maximum atomic E-state index is 5.11. The lowest BCUT2D eigenvalue weighted by molar-refractivity contribution is 0.312. The third-order valence-corrected chi connectivity index (χ3v) is 9.01. The lowest BCUT2D eigenvalue weighted by atomic mass is 9.78. The van der Waals surface area contributed by atoms with E-state index < -0.39 is 0 Å². The minimum Gasteiger partial charge on any atom is -0.365 e. The first-order chi connectivity index (χ1) is 17.3. The maximum Gasteiger partial charge on any atom is 0.225 e. The van der Waals surface area contributed by atoms with E-state index in [1.54, 1.807) is 0 Å². The lowest BCUT2D eigenvalue weighted by Crippen LogP contribution is -2.33. The first-order valence-electron chi connectivity index (χ1n) is 13.5. The van der Waals surface area contributed by atoms with Crippen molar-refractivity contribution in [2.45, 2.75) is 52.0 Å². The molecule has 1 atom stereocenters. The lowest BCUT2D eigenvalue weighted by Gasteiger charge is -2.32. The first-order valence-corrected chi connectivity index (χ1v) is 13.5. The average molecular weight is 482 g/mol. The van der Waals surface area contributed by atoms with Crippen LogP contribution in [0.25, 0.3) is 0 Å². The summed E-state index contributed by atoms with van der Waals surface area (Å²) in [5, 5.41) is 0. The van der Waals surface area contributed by atoms with Gasteiger partial charge in [0.1, 0.15) is 0 Å². The van der Waals surface area contributed by atoms with E-state index in [1.165, 1.54) is 59.6 Å². The van der Waals surface area contributed by atoms with Gasteiger partial charge in [-0.1, -0.05) is 55.8 Å². The predicted octanol–water partition coefficient (Wildman–Crippen LogP) is 5.21. The first kappa shape index (κ1) is 23.5. The van der Waals surface area contributed by atoms with Crippen molar-refractivity contribution >= 4 is 11.6 Å². The number of fused-ring (bicyclic) bond motifs is 1. The number of rotatable bonds is 4. The smallest absolute Gasteiger partial charge is 0.225 e. The molecule has 0 aliphatic carbocycles. The second kappa shape index (κ2) is 8.88. The van der Waals surface area contributed by atoms with Gasteiger partial charge in [0.2, 0.25) is 5.95 Å². The summed E-state index contributed by atoms with van der Waals surface area (Å²) >= 11 is 0. The van der Waals surface area contributed by atoms with E-state index in [9.17, 15) is 0 Å². The molecule has 3 aliphatic heterocycles. The van der Waals surface area contributed by atoms with Crippen molar-refractivity contribution in [2.24, 2.45) is 5.41 Å². The highest BCUT2D eigenvalue weighted by molar-refractivity contribution is 5.52. The number of nitrogens with zero attached hydrogens (tertiary/aromatic N) is 5. The van der Waals surface area contributed by atoms with Crippen molar-refractivity contribution in [1.82, 2.24) is 14.9 Å². The zero-order valence-corrected chi connectivity index (χ0v) is 22.3. The molecule has 6 rings (SSSR count). The molecule has 1 aromatic heterocycles. The Kier molecular flexibility index (Phi) is 5.79. The quantitative estimate of drug-likeness (QED) is 0.511. The van der Waals surface area contributed by atoms with E-state index in [0.717, 1.165) is 38.5 Å². The van der Waals surface area contributed by atoms with Crippen LogP contribution in [0.2, 0.25) is 0 Å². The van der Waals surface area contributed by atoms with Gasteiger partial charge in [-0.25, -0.2) is 9.97 Å². The standard InChI is InChI=1S/C31H39N5/c1-23-5-7-25(8-6-23)30(2,3)26-9-11-27(12-10-26)35-16-13-24-19-32-29(33-28(24)20-35)36-18-15-31(22-36)14-17-34(4)21-31/h5-12,19H,13-18,20-22H2,1-4H3. The van der Waals surface area contributed by atoms with Crippen LogP contribution in [0.1, 0.15) is 54.6 Å². The number of benzene rings is 2. The van der Waals surface area contributed by atoms with Crippen LogP contribution in [0.15, 0.2) is 54.7 Å². The van der Waals surface area contributed by atoms with Crippen molar-refractivity contribution in [3.05, 3.63) is 82.7 Å². The molecular formula is C31H39N5. The molecule has 0 radical (unpaired) electrons. The van der Waals surface area contributed by atoms with E-state index in [-0.39, 0.29) is 5.41 Å². The number of hydrogen-bond donors (Lipinski definition) is 0. The van der Waals surface area contributed by atoms with Gasteiger partial charge in [0.25, 0.3) is 0 Å². The molecule has 1 spiro atoms. The molecule has 3 aromatic rings. The molecule has 5 heteroatoms. The summed E-state index contributed by atoms with van der Waals surface area (Å²) < 4.78 is 0. The predicted molar refractivity (Wildman–Crippen MR) is 148 cm³/mol. The van der Waals surface area contributed by atoms with Gasteiger partial charge in [0.05, 0.1) is 12.2 Å². The highest BCUT2D eigenvalue weighted by Gasteiger charge is 2.43. The van der Waals surface area contributed by atoms with Gasteiger partial charge in [-0.05, 0) is 68.6 Å². The van der Waals surface area contributed by atoms with Crippen LogP contribution in [0.5, 0.6) is 0 Å². The van der Waals surface area contributed by atoms with Gasteiger partial charge in [0.15, 0.2) is 0 Å². The van der Waals surface area contributed by atoms with Crippen LogP contribution in [-0.4, -0.2) is 54.6 Å². The summed E-state index contributed by atoms with van der Waals surface area (Å²) in [6.45, 7) is 13.2. The zero-order chi connectivity index (χ0) is 24.9. The Morgan fingerprint density at radius 2 is 1.53 bits per heavy atom. The topological polar surface area (TPSA) is 35.5 Å². The van der Waals surface area contributed by atoms with Crippen molar-refractivity contribution in [3.8, 4) is 0 Å². The highest BCUT2D eigenvalue weighted by Crippen LogP contribution is 2.40. The third kappa shape index (κ3) is 4.28. The van der Waals surface area contributed by atoms with E-state index in [1.807, 2.05) is 0 Å². The minimum absolute atomic E-state index is 0.0237. The van der Waals surface area contributed by atoms with Gasteiger partial charge in [-0.3, -0.25) is 0 Å². The fraction of sp³-hybridized carbons (Fsp3) is 0.484. The summed E-state index contributed by atoms with van der Waals surface area (Å²) in [6.07, 6.45) is 5.65. The average Bonchev–Trinajstić information content (AvgIpc) is 3.48. The van der Waals surface area contributed by atoms with Crippen LogP contribution in [0.4, 0.5) is 11.6 Å². The Hall–Kier alpha value is -2.92. The molecule has 188 valence electrons. The zero-order valence-electron chi connectivity index (χ0n) is 22.3. The number of hydrogen-bond acceptors (Lipinski definition) is 5. The summed E-state index contributed by atoms with van der Waals surface area (Å²) in [4.78, 5) is 17.3. The van der Waals surface area contributed by atoms with Gasteiger partial charge in [-0.2, -0.15) is 0 Å². The van der Waals surface area contributed by atoms with E-state index in [4.69, 9.17) is 9.97 Å². The van der Waals surface area contributed by atoms with Crippen LogP contribution >= 0.6 is 0 Å². The molecule has 36 heavy (non-hydrogen) atoms. The maximum absolute atomic E-state index is 5.11. The Labute approximate surface area is 216 Å². The fourth-order valence-electron chi connectivity index (χ4n) is 6.49. The molecule has 2 saturated heterocycles. The highest BCUT2D eigenvalue weighted by atomic mass is 15.3. The number of likely N-dealkylation sites (tertiary alicyclic amines) is 1. The molecule has 3 aliphatic rings. The van der Waals surface area contributed by atoms with Crippen molar-refractivity contribution in [3.63, 3.8) is 0 Å². The van der Waals surface area contributed by atoms with Crippen molar-refractivity contribution in [2.75, 3.05) is 49.6 Å². The van der Waals surface area contributed by atoms with Gasteiger partial charge >= 0.3 is 0 Å². The number of aromatic nitrogens is 2. The summed E-state index contributed by atoms with van der Waals surface area (Å²) in [7, 11) is 2.25.